The van der Waals surface area contributed by atoms with Gasteiger partial charge in [-0.25, -0.2) is 0 Å². The van der Waals surface area contributed by atoms with Gasteiger partial charge in [0.1, 0.15) is 0 Å². The number of alkyl halides is 3. The van der Waals surface area contributed by atoms with Crippen LogP contribution in [0.5, 0.6) is 0 Å². The zero-order valence-corrected chi connectivity index (χ0v) is 17.5. The van der Waals surface area contributed by atoms with Gasteiger partial charge in [0.25, 0.3) is 0 Å². The lowest BCUT2D eigenvalue weighted by Crippen LogP contribution is -2.18. The molecule has 8 heteroatoms. The average Bonchev–Trinajstić information content (AvgIpc) is 2.78. The summed E-state index contributed by atoms with van der Waals surface area (Å²) in [5.74, 6) is 0.373. The number of hydrogen-bond donors (Lipinski definition) is 2. The summed E-state index contributed by atoms with van der Waals surface area (Å²) >= 11 is 5.65. The first-order chi connectivity index (χ1) is 15.3. The lowest BCUT2D eigenvalue weighted by Gasteiger charge is -2.15. The van der Waals surface area contributed by atoms with E-state index in [-0.39, 0.29) is 10.7 Å². The van der Waals surface area contributed by atoms with Crippen molar-refractivity contribution >= 4 is 28.3 Å². The highest BCUT2D eigenvalue weighted by molar-refractivity contribution is 6.31. The van der Waals surface area contributed by atoms with Crippen LogP contribution in [0.15, 0.2) is 85.5 Å². The van der Waals surface area contributed by atoms with E-state index < -0.39 is 11.7 Å². The zero-order valence-electron chi connectivity index (χ0n) is 16.7. The summed E-state index contributed by atoms with van der Waals surface area (Å²) in [5, 5.41) is 5.55. The number of fused-ring (bicyclic) bond motifs is 1. The van der Waals surface area contributed by atoms with Gasteiger partial charge in [0.2, 0.25) is 0 Å². The number of rotatable bonds is 6. The van der Waals surface area contributed by atoms with Crippen LogP contribution < -0.4 is 10.6 Å². The van der Waals surface area contributed by atoms with E-state index in [0.29, 0.717) is 12.4 Å². The van der Waals surface area contributed by atoms with Crippen LogP contribution in [0.2, 0.25) is 5.02 Å². The van der Waals surface area contributed by atoms with Crippen molar-refractivity contribution in [2.24, 2.45) is 0 Å². The molecule has 0 atom stereocenters. The molecule has 1 aromatic heterocycles. The summed E-state index contributed by atoms with van der Waals surface area (Å²) in [5.41, 5.74) is 4.08. The largest absolute Gasteiger partial charge is 0.417 e. The van der Waals surface area contributed by atoms with Crippen molar-refractivity contribution in [3.63, 3.8) is 0 Å². The normalized spacial score (nSPS) is 11.4. The van der Waals surface area contributed by atoms with Crippen molar-refractivity contribution in [1.82, 2.24) is 15.3 Å². The first kappa shape index (κ1) is 21.6. The van der Waals surface area contributed by atoms with Crippen molar-refractivity contribution in [3.05, 3.63) is 102 Å². The molecule has 0 amide bonds. The molecular weight excluding hydrogens is 437 g/mol. The number of nitrogens with zero attached hydrogens (tertiary/aromatic N) is 2. The predicted molar refractivity (Wildman–Crippen MR) is 121 cm³/mol. The van der Waals surface area contributed by atoms with Gasteiger partial charge in [0, 0.05) is 24.6 Å². The Balaban J connectivity index is 1.38. The third-order valence-electron chi connectivity index (χ3n) is 4.83. The maximum absolute atomic E-state index is 13.0. The Morgan fingerprint density at radius 3 is 2.28 bits per heavy atom. The fourth-order valence-electron chi connectivity index (χ4n) is 3.21. The predicted octanol–water partition coefficient (Wildman–Crippen LogP) is 6.64. The Morgan fingerprint density at radius 1 is 0.875 bits per heavy atom. The Morgan fingerprint density at radius 2 is 1.56 bits per heavy atom. The minimum atomic E-state index is -4.52. The molecule has 0 aliphatic carbocycles. The molecule has 0 spiro atoms. The molecule has 4 nitrogen and oxygen atoms in total. The van der Waals surface area contributed by atoms with Crippen LogP contribution in [0.4, 0.5) is 18.9 Å². The van der Waals surface area contributed by atoms with Crippen LogP contribution in [-0.2, 0) is 12.7 Å². The smallest absolute Gasteiger partial charge is 0.368 e. The SMILES string of the molecule is C=C(NCc1ccc(-c2ccc3nccnc3c2)cc1)Nc1ccc(Cl)c(C(F)(F)F)c1. The first-order valence-electron chi connectivity index (χ1n) is 9.66. The molecule has 0 fully saturated rings. The molecule has 0 aliphatic rings. The summed E-state index contributed by atoms with van der Waals surface area (Å²) in [6.45, 7) is 4.28. The van der Waals surface area contributed by atoms with Crippen molar-refractivity contribution in [3.8, 4) is 11.1 Å². The minimum absolute atomic E-state index is 0.244. The fraction of sp³-hybridized carbons (Fsp3) is 0.0833. The Kier molecular flexibility index (Phi) is 6.01. The quantitative estimate of drug-likeness (QED) is 0.343. The lowest BCUT2D eigenvalue weighted by atomic mass is 10.0. The second-order valence-corrected chi connectivity index (χ2v) is 7.51. The van der Waals surface area contributed by atoms with Gasteiger partial charge in [-0.05, 0) is 47.0 Å². The highest BCUT2D eigenvalue weighted by atomic mass is 35.5. The summed E-state index contributed by atoms with van der Waals surface area (Å²) in [7, 11) is 0. The van der Waals surface area contributed by atoms with Crippen molar-refractivity contribution < 1.29 is 13.2 Å². The Bertz CT molecular complexity index is 1270. The molecule has 0 saturated heterocycles. The number of nitrogens with one attached hydrogen (secondary N) is 2. The number of hydrogen-bond acceptors (Lipinski definition) is 4. The van der Waals surface area contributed by atoms with Crippen LogP contribution in [-0.4, -0.2) is 9.97 Å². The van der Waals surface area contributed by atoms with E-state index in [9.17, 15) is 13.2 Å². The third-order valence-corrected chi connectivity index (χ3v) is 5.16. The molecular formula is C24H18ClF3N4. The Hall–Kier alpha value is -3.58. The monoisotopic (exact) mass is 454 g/mol. The topological polar surface area (TPSA) is 49.8 Å². The maximum Gasteiger partial charge on any atom is 0.417 e. The molecule has 0 bridgehead atoms. The number of halogens is 4. The number of benzene rings is 3. The third kappa shape index (κ3) is 5.00. The second-order valence-electron chi connectivity index (χ2n) is 7.11. The molecule has 3 aromatic carbocycles. The van der Waals surface area contributed by atoms with Crippen LogP contribution in [0.1, 0.15) is 11.1 Å². The summed E-state index contributed by atoms with van der Waals surface area (Å²) in [4.78, 5) is 8.61. The molecule has 2 N–H and O–H groups in total. The van der Waals surface area contributed by atoms with Crippen LogP contribution in [0.3, 0.4) is 0 Å². The summed E-state index contributed by atoms with van der Waals surface area (Å²) < 4.78 is 39.0. The van der Waals surface area contributed by atoms with Crippen LogP contribution in [0, 0.1) is 0 Å². The molecule has 0 radical (unpaired) electrons. The molecule has 162 valence electrons. The molecule has 0 unspecified atom stereocenters. The van der Waals surface area contributed by atoms with E-state index in [1.54, 1.807) is 12.4 Å². The average molecular weight is 455 g/mol. The van der Waals surface area contributed by atoms with E-state index in [4.69, 9.17) is 11.6 Å². The van der Waals surface area contributed by atoms with Gasteiger partial charge in [0.15, 0.2) is 0 Å². The highest BCUT2D eigenvalue weighted by Crippen LogP contribution is 2.36. The van der Waals surface area contributed by atoms with Gasteiger partial charge in [-0.3, -0.25) is 9.97 Å². The van der Waals surface area contributed by atoms with E-state index in [1.807, 2.05) is 42.5 Å². The van der Waals surface area contributed by atoms with E-state index >= 15 is 0 Å². The first-order valence-corrected chi connectivity index (χ1v) is 10.0. The van der Waals surface area contributed by atoms with E-state index in [2.05, 4.69) is 27.2 Å². The standard InChI is InChI=1S/C24H18ClF3N4/c1-15(32-19-7-8-21(25)20(13-19)24(26,27)28)31-14-16-2-4-17(5-3-16)18-6-9-22-23(12-18)30-11-10-29-22/h2-13,31-32H,1,14H2. The highest BCUT2D eigenvalue weighted by Gasteiger charge is 2.33. The van der Waals surface area contributed by atoms with Gasteiger partial charge < -0.3 is 10.6 Å². The molecule has 0 aliphatic heterocycles. The summed E-state index contributed by atoms with van der Waals surface area (Å²) in [6.07, 6.45) is -1.20. The molecule has 1 heterocycles. The van der Waals surface area contributed by atoms with Crippen molar-refractivity contribution in [2.75, 3.05) is 5.32 Å². The molecule has 0 saturated carbocycles. The van der Waals surface area contributed by atoms with E-state index in [0.717, 1.165) is 33.8 Å². The van der Waals surface area contributed by atoms with Crippen LogP contribution in [0.25, 0.3) is 22.2 Å². The molecule has 4 rings (SSSR count). The lowest BCUT2D eigenvalue weighted by molar-refractivity contribution is -0.137. The second kappa shape index (κ2) is 8.88. The number of aromatic nitrogens is 2. The van der Waals surface area contributed by atoms with Gasteiger partial charge in [0.05, 0.1) is 27.4 Å². The Labute approximate surface area is 187 Å². The van der Waals surface area contributed by atoms with E-state index in [1.165, 1.54) is 12.1 Å². The minimum Gasteiger partial charge on any atom is -0.368 e. The van der Waals surface area contributed by atoms with Gasteiger partial charge in [-0.2, -0.15) is 13.2 Å². The van der Waals surface area contributed by atoms with Crippen molar-refractivity contribution in [2.45, 2.75) is 12.7 Å². The van der Waals surface area contributed by atoms with Crippen molar-refractivity contribution in [1.29, 1.82) is 0 Å². The molecule has 4 aromatic rings. The zero-order chi connectivity index (χ0) is 22.7. The van der Waals surface area contributed by atoms with Gasteiger partial charge >= 0.3 is 6.18 Å². The maximum atomic E-state index is 13.0. The number of anilines is 1. The fourth-order valence-corrected chi connectivity index (χ4v) is 3.43. The molecule has 32 heavy (non-hydrogen) atoms. The summed E-state index contributed by atoms with van der Waals surface area (Å²) in [6, 6.07) is 17.5. The van der Waals surface area contributed by atoms with Gasteiger partial charge in [-0.1, -0.05) is 48.5 Å². The van der Waals surface area contributed by atoms with Gasteiger partial charge in [-0.15, -0.1) is 0 Å². The van der Waals surface area contributed by atoms with Crippen LogP contribution >= 0.6 is 11.6 Å².